The Kier molecular flexibility index (Phi) is 5.47. The maximum atomic E-state index is 12.1. The average Bonchev–Trinajstić information content (AvgIpc) is 2.54. The zero-order chi connectivity index (χ0) is 15.9. The molecule has 0 spiro atoms. The van der Waals surface area contributed by atoms with Gasteiger partial charge in [-0.1, -0.05) is 29.8 Å². The Hall–Kier alpha value is -2.43. The number of benzene rings is 1. The fourth-order valence-corrected chi connectivity index (χ4v) is 2.23. The summed E-state index contributed by atoms with van der Waals surface area (Å²) >= 11 is 0. The Morgan fingerprint density at radius 3 is 2.50 bits per heavy atom. The van der Waals surface area contributed by atoms with Crippen molar-refractivity contribution in [1.29, 1.82) is 0 Å². The summed E-state index contributed by atoms with van der Waals surface area (Å²) in [6, 6.07) is 11.8. The lowest BCUT2D eigenvalue weighted by Crippen LogP contribution is -2.31. The molecule has 22 heavy (non-hydrogen) atoms. The molecule has 5 heteroatoms. The van der Waals surface area contributed by atoms with Gasteiger partial charge in [-0.25, -0.2) is 0 Å². The van der Waals surface area contributed by atoms with Crippen LogP contribution < -0.4 is 5.32 Å². The highest BCUT2D eigenvalue weighted by molar-refractivity contribution is 5.92. The number of carbonyl (C=O) groups excluding carboxylic acids is 1. The van der Waals surface area contributed by atoms with E-state index in [-0.39, 0.29) is 5.91 Å². The van der Waals surface area contributed by atoms with Crippen LogP contribution in [0.15, 0.2) is 36.4 Å². The lowest BCUT2D eigenvalue weighted by molar-refractivity contribution is 0.0766. The molecule has 5 nitrogen and oxygen atoms in total. The Morgan fingerprint density at radius 1 is 1.14 bits per heavy atom. The first-order valence-electron chi connectivity index (χ1n) is 7.56. The predicted octanol–water partition coefficient (Wildman–Crippen LogP) is 2.88. The SMILES string of the molecule is CCN(CC)C(=O)c1ccc(NCc2cccc(C)c2)nn1. The molecule has 0 atom stereocenters. The average molecular weight is 298 g/mol. The van der Waals surface area contributed by atoms with Crippen LogP contribution in [0.3, 0.4) is 0 Å². The minimum absolute atomic E-state index is 0.0808. The number of hydrogen-bond acceptors (Lipinski definition) is 4. The van der Waals surface area contributed by atoms with Crippen molar-refractivity contribution < 1.29 is 4.79 Å². The number of carbonyl (C=O) groups is 1. The molecule has 116 valence electrons. The number of hydrogen-bond donors (Lipinski definition) is 1. The van der Waals surface area contributed by atoms with Gasteiger partial charge in [-0.05, 0) is 38.5 Å². The third-order valence-corrected chi connectivity index (χ3v) is 3.49. The van der Waals surface area contributed by atoms with Gasteiger partial charge < -0.3 is 10.2 Å². The molecule has 0 aliphatic heterocycles. The molecule has 0 saturated heterocycles. The zero-order valence-corrected chi connectivity index (χ0v) is 13.3. The van der Waals surface area contributed by atoms with Gasteiger partial charge in [0.25, 0.3) is 5.91 Å². The zero-order valence-electron chi connectivity index (χ0n) is 13.3. The van der Waals surface area contributed by atoms with Crippen LogP contribution in [0.4, 0.5) is 5.82 Å². The van der Waals surface area contributed by atoms with Crippen molar-refractivity contribution in [3.63, 3.8) is 0 Å². The second-order valence-electron chi connectivity index (χ2n) is 5.12. The maximum Gasteiger partial charge on any atom is 0.274 e. The van der Waals surface area contributed by atoms with Crippen LogP contribution >= 0.6 is 0 Å². The normalized spacial score (nSPS) is 10.3. The van der Waals surface area contributed by atoms with E-state index in [1.165, 1.54) is 11.1 Å². The van der Waals surface area contributed by atoms with Gasteiger partial charge in [-0.15, -0.1) is 10.2 Å². The van der Waals surface area contributed by atoms with Crippen molar-refractivity contribution >= 4 is 11.7 Å². The van der Waals surface area contributed by atoms with Crippen molar-refractivity contribution in [3.05, 3.63) is 53.2 Å². The summed E-state index contributed by atoms with van der Waals surface area (Å²) in [5, 5.41) is 11.3. The molecule has 0 saturated carbocycles. The van der Waals surface area contributed by atoms with E-state index in [0.717, 1.165) is 0 Å². The third kappa shape index (κ3) is 4.04. The smallest absolute Gasteiger partial charge is 0.274 e. The molecule has 0 aliphatic carbocycles. The molecule has 1 aromatic carbocycles. The minimum atomic E-state index is -0.0808. The van der Waals surface area contributed by atoms with E-state index in [9.17, 15) is 4.79 Å². The fourth-order valence-electron chi connectivity index (χ4n) is 2.23. The molecule has 2 aromatic rings. The highest BCUT2D eigenvalue weighted by Gasteiger charge is 2.14. The lowest BCUT2D eigenvalue weighted by atomic mass is 10.1. The molecular weight excluding hydrogens is 276 g/mol. The van der Waals surface area contributed by atoms with E-state index in [2.05, 4.69) is 40.6 Å². The first-order chi connectivity index (χ1) is 10.6. The van der Waals surface area contributed by atoms with Gasteiger partial charge >= 0.3 is 0 Å². The van der Waals surface area contributed by atoms with E-state index in [1.54, 1.807) is 17.0 Å². The van der Waals surface area contributed by atoms with Gasteiger partial charge in [0.2, 0.25) is 0 Å². The molecule has 0 bridgehead atoms. The first-order valence-corrected chi connectivity index (χ1v) is 7.56. The number of rotatable bonds is 6. The van der Waals surface area contributed by atoms with Crippen molar-refractivity contribution in [2.45, 2.75) is 27.3 Å². The molecule has 1 heterocycles. The van der Waals surface area contributed by atoms with Gasteiger partial charge in [0.1, 0.15) is 5.82 Å². The van der Waals surface area contributed by atoms with Gasteiger partial charge in [-0.3, -0.25) is 4.79 Å². The van der Waals surface area contributed by atoms with Crippen molar-refractivity contribution in [1.82, 2.24) is 15.1 Å². The number of aromatic nitrogens is 2. The predicted molar refractivity (Wildman–Crippen MR) is 87.8 cm³/mol. The molecule has 0 fully saturated rings. The minimum Gasteiger partial charge on any atom is -0.365 e. The Bertz CT molecular complexity index is 621. The Balaban J connectivity index is 1.98. The molecular formula is C17H22N4O. The van der Waals surface area contributed by atoms with Crippen LogP contribution in [0.2, 0.25) is 0 Å². The summed E-state index contributed by atoms with van der Waals surface area (Å²) in [7, 11) is 0. The maximum absolute atomic E-state index is 12.1. The molecule has 0 aliphatic rings. The first kappa shape index (κ1) is 15.9. The largest absolute Gasteiger partial charge is 0.365 e. The quantitative estimate of drug-likeness (QED) is 0.891. The number of amides is 1. The Morgan fingerprint density at radius 2 is 1.91 bits per heavy atom. The van der Waals surface area contributed by atoms with Crippen molar-refractivity contribution in [3.8, 4) is 0 Å². The van der Waals surface area contributed by atoms with Crippen molar-refractivity contribution in [2.75, 3.05) is 18.4 Å². The molecule has 1 N–H and O–H groups in total. The van der Waals surface area contributed by atoms with E-state index >= 15 is 0 Å². The third-order valence-electron chi connectivity index (χ3n) is 3.49. The summed E-state index contributed by atoms with van der Waals surface area (Å²) < 4.78 is 0. The van der Waals surface area contributed by atoms with Crippen LogP contribution in [0.1, 0.15) is 35.5 Å². The van der Waals surface area contributed by atoms with E-state index in [1.807, 2.05) is 19.9 Å². The highest BCUT2D eigenvalue weighted by atomic mass is 16.2. The topological polar surface area (TPSA) is 58.1 Å². The highest BCUT2D eigenvalue weighted by Crippen LogP contribution is 2.09. The summed E-state index contributed by atoms with van der Waals surface area (Å²) in [6.45, 7) is 7.99. The standard InChI is InChI=1S/C17H22N4O/c1-4-21(5-2)17(22)15-9-10-16(20-19-15)18-12-14-8-6-7-13(3)11-14/h6-11H,4-5,12H2,1-3H3,(H,18,20). The summed E-state index contributed by atoms with van der Waals surface area (Å²) in [5.74, 6) is 0.584. The van der Waals surface area contributed by atoms with Crippen LogP contribution in [0.25, 0.3) is 0 Å². The second kappa shape index (κ2) is 7.54. The van der Waals surface area contributed by atoms with Crippen LogP contribution in [0, 0.1) is 6.92 Å². The van der Waals surface area contributed by atoms with Crippen molar-refractivity contribution in [2.24, 2.45) is 0 Å². The van der Waals surface area contributed by atoms with Crippen LogP contribution in [-0.4, -0.2) is 34.1 Å². The van der Waals surface area contributed by atoms with Gasteiger partial charge in [0.15, 0.2) is 5.69 Å². The number of aryl methyl sites for hydroxylation is 1. The molecule has 0 radical (unpaired) electrons. The van der Waals surface area contributed by atoms with E-state index in [0.29, 0.717) is 31.1 Å². The molecule has 0 unspecified atom stereocenters. The fraction of sp³-hybridized carbons (Fsp3) is 0.353. The molecule has 1 aromatic heterocycles. The summed E-state index contributed by atoms with van der Waals surface area (Å²) in [5.41, 5.74) is 2.79. The van der Waals surface area contributed by atoms with Gasteiger partial charge in [-0.2, -0.15) is 0 Å². The van der Waals surface area contributed by atoms with E-state index in [4.69, 9.17) is 0 Å². The molecule has 1 amide bonds. The number of anilines is 1. The summed E-state index contributed by atoms with van der Waals surface area (Å²) in [6.07, 6.45) is 0. The summed E-state index contributed by atoms with van der Waals surface area (Å²) in [4.78, 5) is 13.9. The van der Waals surface area contributed by atoms with Crippen LogP contribution in [0.5, 0.6) is 0 Å². The Labute approximate surface area is 131 Å². The van der Waals surface area contributed by atoms with Gasteiger partial charge in [0.05, 0.1) is 0 Å². The second-order valence-corrected chi connectivity index (χ2v) is 5.12. The molecule has 2 rings (SSSR count). The van der Waals surface area contributed by atoms with Gasteiger partial charge in [0, 0.05) is 19.6 Å². The van der Waals surface area contributed by atoms with E-state index < -0.39 is 0 Å². The number of nitrogens with one attached hydrogen (secondary N) is 1. The number of nitrogens with zero attached hydrogens (tertiary/aromatic N) is 3. The lowest BCUT2D eigenvalue weighted by Gasteiger charge is -2.17. The van der Waals surface area contributed by atoms with Crippen LogP contribution in [-0.2, 0) is 6.54 Å². The monoisotopic (exact) mass is 298 g/mol.